The number of esters is 1. The van der Waals surface area contributed by atoms with Crippen molar-refractivity contribution in [2.24, 2.45) is 0 Å². The van der Waals surface area contributed by atoms with Crippen molar-refractivity contribution >= 4 is 16.0 Å². The first-order chi connectivity index (χ1) is 6.62. The Morgan fingerprint density at radius 1 is 1.47 bits per heavy atom. The Bertz CT molecular complexity index is 324. The highest BCUT2D eigenvalue weighted by Crippen LogP contribution is 2.21. The third-order valence-corrected chi connectivity index (χ3v) is 2.55. The van der Waals surface area contributed by atoms with Crippen molar-refractivity contribution in [3.63, 3.8) is 0 Å². The number of hydrogen-bond acceptors (Lipinski definition) is 4. The smallest absolute Gasteiger partial charge is 0.465 e. The van der Waals surface area contributed by atoms with Crippen molar-refractivity contribution in [1.29, 1.82) is 0 Å². The van der Waals surface area contributed by atoms with Gasteiger partial charge in [-0.2, -0.15) is 17.9 Å². The van der Waals surface area contributed by atoms with E-state index in [1.165, 1.54) is 6.92 Å². The molecule has 0 rings (SSSR count). The van der Waals surface area contributed by atoms with Crippen LogP contribution in [0.2, 0.25) is 0 Å². The van der Waals surface area contributed by atoms with Crippen molar-refractivity contribution < 1.29 is 31.1 Å². The minimum Gasteiger partial charge on any atom is -0.465 e. The molecule has 0 aromatic carbocycles. The van der Waals surface area contributed by atoms with Gasteiger partial charge in [-0.15, -0.1) is 0 Å². The van der Waals surface area contributed by atoms with Crippen LogP contribution >= 0.6 is 0 Å². The van der Waals surface area contributed by atoms with Gasteiger partial charge in [0.15, 0.2) is 0 Å². The number of alkyl halides is 3. The Balaban J connectivity index is 4.56. The van der Waals surface area contributed by atoms with Crippen molar-refractivity contribution in [3.05, 3.63) is 0 Å². The Morgan fingerprint density at radius 3 is 2.27 bits per heavy atom. The fourth-order valence-corrected chi connectivity index (χ4v) is 1.31. The maximum absolute atomic E-state index is 11.8. The third-order valence-electron chi connectivity index (χ3n) is 1.28. The van der Waals surface area contributed by atoms with Crippen molar-refractivity contribution in [1.82, 2.24) is 4.72 Å². The van der Waals surface area contributed by atoms with Crippen LogP contribution in [0.3, 0.4) is 0 Å². The van der Waals surface area contributed by atoms with Crippen LogP contribution in [0, 0.1) is 0 Å². The summed E-state index contributed by atoms with van der Waals surface area (Å²) in [5.74, 6) is -1.06. The summed E-state index contributed by atoms with van der Waals surface area (Å²) in [6, 6.07) is -1.57. The molecule has 0 heterocycles. The molecular formula is C6H10F3NO4S. The van der Waals surface area contributed by atoms with Gasteiger partial charge in [-0.25, -0.2) is 8.42 Å². The molecule has 90 valence electrons. The van der Waals surface area contributed by atoms with Gasteiger partial charge in [0, 0.05) is 0 Å². The van der Waals surface area contributed by atoms with Crippen LogP contribution in [-0.4, -0.2) is 32.5 Å². The fraction of sp³-hybridized carbons (Fsp3) is 0.833. The highest BCUT2D eigenvalue weighted by molar-refractivity contribution is 7.90. The Hall–Kier alpha value is -0.830. The largest absolute Gasteiger partial charge is 0.511 e. The second kappa shape index (κ2) is 4.79. The highest BCUT2D eigenvalue weighted by atomic mass is 32.2. The van der Waals surface area contributed by atoms with Crippen LogP contribution in [0.5, 0.6) is 0 Å². The minimum atomic E-state index is -5.51. The lowest BCUT2D eigenvalue weighted by Gasteiger charge is -2.14. The lowest BCUT2D eigenvalue weighted by molar-refractivity contribution is -0.144. The summed E-state index contributed by atoms with van der Waals surface area (Å²) in [4.78, 5) is 10.8. The van der Waals surface area contributed by atoms with Crippen LogP contribution in [0.25, 0.3) is 0 Å². The number of nitrogens with one attached hydrogen (secondary N) is 1. The Kier molecular flexibility index (Phi) is 4.53. The normalized spacial score (nSPS) is 14.7. The Labute approximate surface area is 84.6 Å². The van der Waals surface area contributed by atoms with Crippen molar-refractivity contribution in [2.75, 3.05) is 6.61 Å². The molecule has 0 amide bonds. The molecule has 9 heteroatoms. The van der Waals surface area contributed by atoms with Gasteiger partial charge in [0.25, 0.3) is 0 Å². The maximum Gasteiger partial charge on any atom is 0.511 e. The van der Waals surface area contributed by atoms with Gasteiger partial charge in [0.2, 0.25) is 0 Å². The predicted octanol–water partition coefficient (Wildman–Crippen LogP) is 0.377. The minimum absolute atomic E-state index is 0.0447. The molecule has 0 aliphatic heterocycles. The van der Waals surface area contributed by atoms with Crippen LogP contribution in [0.15, 0.2) is 0 Å². The van der Waals surface area contributed by atoms with E-state index in [1.54, 1.807) is 0 Å². The van der Waals surface area contributed by atoms with Crippen LogP contribution in [0.1, 0.15) is 13.8 Å². The molecule has 5 nitrogen and oxygen atoms in total. The summed E-state index contributed by atoms with van der Waals surface area (Å²) in [6.45, 7) is 2.36. The molecule has 0 aromatic rings. The maximum atomic E-state index is 11.8. The topological polar surface area (TPSA) is 72.5 Å². The number of hydrogen-bond donors (Lipinski definition) is 1. The number of carbonyl (C=O) groups excluding carboxylic acids is 1. The first-order valence-corrected chi connectivity index (χ1v) is 5.35. The van der Waals surface area contributed by atoms with E-state index in [1.807, 2.05) is 0 Å². The lowest BCUT2D eigenvalue weighted by atomic mass is 10.4. The summed E-state index contributed by atoms with van der Waals surface area (Å²) in [7, 11) is -5.51. The Morgan fingerprint density at radius 2 is 1.93 bits per heavy atom. The monoisotopic (exact) mass is 249 g/mol. The van der Waals surface area contributed by atoms with E-state index in [-0.39, 0.29) is 6.61 Å². The fourth-order valence-electron chi connectivity index (χ4n) is 0.615. The number of ether oxygens (including phenoxy) is 1. The van der Waals surface area contributed by atoms with Gasteiger partial charge < -0.3 is 4.74 Å². The van der Waals surface area contributed by atoms with Crippen LogP contribution in [-0.2, 0) is 19.6 Å². The summed E-state index contributed by atoms with van der Waals surface area (Å²) in [5, 5.41) is 0. The molecule has 1 atom stereocenters. The van der Waals surface area contributed by atoms with E-state index >= 15 is 0 Å². The predicted molar refractivity (Wildman–Crippen MR) is 44.2 cm³/mol. The molecule has 15 heavy (non-hydrogen) atoms. The molecule has 0 spiro atoms. The SMILES string of the molecule is CCOC(=O)C(C)NS(=O)(=O)C(F)(F)F. The molecular weight excluding hydrogens is 239 g/mol. The summed E-state index contributed by atoms with van der Waals surface area (Å²) in [6.07, 6.45) is 0. The highest BCUT2D eigenvalue weighted by Gasteiger charge is 2.47. The zero-order chi connectivity index (χ0) is 12.3. The van der Waals surface area contributed by atoms with Gasteiger partial charge in [-0.1, -0.05) is 0 Å². The molecule has 1 N–H and O–H groups in total. The zero-order valence-corrected chi connectivity index (χ0v) is 8.78. The molecule has 0 saturated carbocycles. The quantitative estimate of drug-likeness (QED) is 0.731. The van der Waals surface area contributed by atoms with Gasteiger partial charge in [0.1, 0.15) is 6.04 Å². The van der Waals surface area contributed by atoms with Gasteiger partial charge in [-0.3, -0.25) is 4.79 Å². The lowest BCUT2D eigenvalue weighted by Crippen LogP contribution is -2.45. The molecule has 0 radical (unpaired) electrons. The number of rotatable bonds is 4. The summed E-state index contributed by atoms with van der Waals surface area (Å²) in [5.41, 5.74) is -5.44. The van der Waals surface area contributed by atoms with E-state index in [4.69, 9.17) is 0 Å². The zero-order valence-electron chi connectivity index (χ0n) is 7.96. The van der Waals surface area contributed by atoms with Crippen molar-refractivity contribution in [2.45, 2.75) is 25.4 Å². The molecule has 0 fully saturated rings. The second-order valence-corrected chi connectivity index (χ2v) is 4.25. The molecule has 0 saturated heterocycles. The van der Waals surface area contributed by atoms with Gasteiger partial charge >= 0.3 is 21.5 Å². The van der Waals surface area contributed by atoms with E-state index in [9.17, 15) is 26.4 Å². The molecule has 1 unspecified atom stereocenters. The van der Waals surface area contributed by atoms with Gasteiger partial charge in [-0.05, 0) is 13.8 Å². The molecule has 0 bridgehead atoms. The third kappa shape index (κ3) is 4.04. The van der Waals surface area contributed by atoms with E-state index in [0.29, 0.717) is 0 Å². The summed E-state index contributed by atoms with van der Waals surface area (Å²) >= 11 is 0. The van der Waals surface area contributed by atoms with E-state index < -0.39 is 27.5 Å². The second-order valence-electron chi connectivity index (χ2n) is 2.54. The standard InChI is InChI=1S/C6H10F3NO4S/c1-3-14-5(11)4(2)10-15(12,13)6(7,8)9/h4,10H,3H2,1-2H3. The van der Waals surface area contributed by atoms with Crippen LogP contribution < -0.4 is 4.72 Å². The number of halogens is 3. The van der Waals surface area contributed by atoms with Crippen molar-refractivity contribution in [3.8, 4) is 0 Å². The first-order valence-electron chi connectivity index (χ1n) is 3.87. The van der Waals surface area contributed by atoms with Crippen LogP contribution in [0.4, 0.5) is 13.2 Å². The molecule has 0 aliphatic rings. The average molecular weight is 249 g/mol. The number of carbonyl (C=O) groups is 1. The van der Waals surface area contributed by atoms with Gasteiger partial charge in [0.05, 0.1) is 6.61 Å². The average Bonchev–Trinajstić information content (AvgIpc) is 2.01. The summed E-state index contributed by atoms with van der Waals surface area (Å²) < 4.78 is 62.1. The molecule has 0 aromatic heterocycles. The molecule has 0 aliphatic carbocycles. The first kappa shape index (κ1) is 14.2. The number of sulfonamides is 1. The van der Waals surface area contributed by atoms with E-state index in [2.05, 4.69) is 4.74 Å². The van der Waals surface area contributed by atoms with E-state index in [0.717, 1.165) is 11.6 Å².